The molecule has 0 saturated carbocycles. The summed E-state index contributed by atoms with van der Waals surface area (Å²) >= 11 is 6.26. The third kappa shape index (κ3) is 4.46. The average Bonchev–Trinajstić information content (AvgIpc) is 2.78. The summed E-state index contributed by atoms with van der Waals surface area (Å²) in [5.74, 6) is -0.766. The Kier molecular flexibility index (Phi) is 6.41. The summed E-state index contributed by atoms with van der Waals surface area (Å²) in [7, 11) is -3.96. The zero-order valence-electron chi connectivity index (χ0n) is 17.6. The number of hydrogen-bond donors (Lipinski definition) is 2. The van der Waals surface area contributed by atoms with Crippen LogP contribution in [0.2, 0.25) is 5.02 Å². The number of carbonyl (C=O) groups excluding carboxylic acids is 2. The van der Waals surface area contributed by atoms with Gasteiger partial charge in [-0.05, 0) is 37.0 Å². The molecule has 2 N–H and O–H groups in total. The van der Waals surface area contributed by atoms with Gasteiger partial charge in [-0.3, -0.25) is 9.59 Å². The van der Waals surface area contributed by atoms with E-state index in [2.05, 4.69) is 10.6 Å². The van der Waals surface area contributed by atoms with Gasteiger partial charge in [-0.25, -0.2) is 8.42 Å². The summed E-state index contributed by atoms with van der Waals surface area (Å²) in [6.07, 6.45) is 1.93. The third-order valence-corrected chi connectivity index (χ3v) is 8.03. The summed E-state index contributed by atoms with van der Waals surface area (Å²) in [5.41, 5.74) is 2.10. The summed E-state index contributed by atoms with van der Waals surface area (Å²) in [6.45, 7) is 2.17. The molecule has 2 aromatic rings. The highest BCUT2D eigenvalue weighted by Gasteiger charge is 2.35. The van der Waals surface area contributed by atoms with Gasteiger partial charge in [0.05, 0.1) is 16.6 Å². The molecule has 2 aromatic carbocycles. The second-order valence-electron chi connectivity index (χ2n) is 7.82. The fourth-order valence-electron chi connectivity index (χ4n) is 3.98. The number of sulfonamides is 1. The maximum atomic E-state index is 13.4. The molecule has 1 atom stereocenters. The minimum absolute atomic E-state index is 0.0157. The van der Waals surface area contributed by atoms with E-state index in [1.807, 2.05) is 31.2 Å². The van der Waals surface area contributed by atoms with Crippen molar-refractivity contribution in [2.45, 2.75) is 31.1 Å². The highest BCUT2D eigenvalue weighted by atomic mass is 35.5. The van der Waals surface area contributed by atoms with Crippen LogP contribution in [-0.4, -0.2) is 44.2 Å². The first kappa shape index (κ1) is 22.6. The number of hydrogen-bond acceptors (Lipinski definition) is 5. The zero-order valence-corrected chi connectivity index (χ0v) is 19.1. The van der Waals surface area contributed by atoms with Crippen LogP contribution in [-0.2, 0) is 26.0 Å². The molecule has 2 aliphatic rings. The fourth-order valence-corrected chi connectivity index (χ4v) is 6.02. The van der Waals surface area contributed by atoms with Crippen molar-refractivity contribution < 1.29 is 22.7 Å². The summed E-state index contributed by atoms with van der Waals surface area (Å²) in [4.78, 5) is 24.3. The van der Waals surface area contributed by atoms with Crippen molar-refractivity contribution in [3.8, 4) is 5.75 Å². The Labute approximate surface area is 191 Å². The van der Waals surface area contributed by atoms with E-state index >= 15 is 0 Å². The largest absolute Gasteiger partial charge is 0.482 e. The third-order valence-electron chi connectivity index (χ3n) is 5.70. The second kappa shape index (κ2) is 9.09. The van der Waals surface area contributed by atoms with Crippen LogP contribution < -0.4 is 15.4 Å². The summed E-state index contributed by atoms with van der Waals surface area (Å²) in [5, 5.41) is 5.54. The Hall–Kier alpha value is -2.62. The van der Waals surface area contributed by atoms with Gasteiger partial charge in [-0.15, -0.1) is 0 Å². The van der Waals surface area contributed by atoms with Crippen molar-refractivity contribution in [1.82, 2.24) is 4.31 Å². The molecule has 2 amide bonds. The Bertz CT molecular complexity index is 1170. The molecule has 32 heavy (non-hydrogen) atoms. The van der Waals surface area contributed by atoms with Crippen LogP contribution >= 0.6 is 11.6 Å². The molecule has 0 radical (unpaired) electrons. The molecule has 8 nitrogen and oxygen atoms in total. The number of piperidine rings is 1. The Morgan fingerprint density at radius 1 is 1.31 bits per heavy atom. The average molecular weight is 478 g/mol. The number of carbonyl (C=O) groups is 2. The lowest BCUT2D eigenvalue weighted by molar-refractivity contribution is -0.121. The number of fused-ring (bicyclic) bond motifs is 1. The molecule has 1 fully saturated rings. The molecule has 0 spiro atoms. The Morgan fingerprint density at radius 2 is 2.09 bits per heavy atom. The number of nitrogens with zero attached hydrogens (tertiary/aromatic N) is 1. The Morgan fingerprint density at radius 3 is 2.88 bits per heavy atom. The predicted octanol–water partition coefficient (Wildman–Crippen LogP) is 3.27. The molecular weight excluding hydrogens is 454 g/mol. The number of ether oxygens (including phenoxy) is 1. The van der Waals surface area contributed by atoms with E-state index in [4.69, 9.17) is 16.3 Å². The van der Waals surface area contributed by atoms with Crippen LogP contribution in [0.1, 0.15) is 25.3 Å². The van der Waals surface area contributed by atoms with Gasteiger partial charge in [0.1, 0.15) is 10.6 Å². The monoisotopic (exact) mass is 477 g/mol. The lowest BCUT2D eigenvalue weighted by Crippen LogP contribution is -2.43. The number of aryl methyl sites for hydroxylation is 1. The maximum absolute atomic E-state index is 13.4. The van der Waals surface area contributed by atoms with E-state index in [1.165, 1.54) is 16.4 Å². The molecular formula is C22H24ClN3O5S. The smallest absolute Gasteiger partial charge is 0.262 e. The SMILES string of the molecule is CCc1ccccc1NC(=O)C1CCCN(S(=O)(=O)c2cc3c(cc2Cl)NC(=O)CO3)C1. The van der Waals surface area contributed by atoms with Crippen molar-refractivity contribution >= 4 is 44.8 Å². The van der Waals surface area contributed by atoms with Crippen molar-refractivity contribution in [2.24, 2.45) is 5.92 Å². The molecule has 2 heterocycles. The van der Waals surface area contributed by atoms with Crippen LogP contribution in [0.4, 0.5) is 11.4 Å². The highest BCUT2D eigenvalue weighted by Crippen LogP contribution is 2.37. The van der Waals surface area contributed by atoms with Crippen molar-refractivity contribution in [3.63, 3.8) is 0 Å². The number of benzene rings is 2. The van der Waals surface area contributed by atoms with Gasteiger partial charge < -0.3 is 15.4 Å². The van der Waals surface area contributed by atoms with Crippen LogP contribution in [0.5, 0.6) is 5.75 Å². The second-order valence-corrected chi connectivity index (χ2v) is 10.1. The molecule has 4 rings (SSSR count). The van der Waals surface area contributed by atoms with Gasteiger partial charge in [0.25, 0.3) is 5.91 Å². The first-order valence-corrected chi connectivity index (χ1v) is 12.3. The molecule has 1 unspecified atom stereocenters. The fraction of sp³-hybridized carbons (Fsp3) is 0.364. The minimum atomic E-state index is -3.96. The molecule has 0 aromatic heterocycles. The molecule has 1 saturated heterocycles. The lowest BCUT2D eigenvalue weighted by Gasteiger charge is -2.32. The zero-order chi connectivity index (χ0) is 22.9. The number of rotatable bonds is 5. The van der Waals surface area contributed by atoms with Crippen LogP contribution in [0.15, 0.2) is 41.3 Å². The van der Waals surface area contributed by atoms with Gasteiger partial charge in [0, 0.05) is 24.8 Å². The first-order chi connectivity index (χ1) is 15.3. The lowest BCUT2D eigenvalue weighted by atomic mass is 9.98. The minimum Gasteiger partial charge on any atom is -0.482 e. The maximum Gasteiger partial charge on any atom is 0.262 e. The number of nitrogens with one attached hydrogen (secondary N) is 2. The van der Waals surface area contributed by atoms with E-state index in [9.17, 15) is 18.0 Å². The number of anilines is 2. The topological polar surface area (TPSA) is 105 Å². The van der Waals surface area contributed by atoms with Crippen LogP contribution in [0.25, 0.3) is 0 Å². The van der Waals surface area contributed by atoms with E-state index < -0.39 is 15.9 Å². The van der Waals surface area contributed by atoms with Gasteiger partial charge in [0.15, 0.2) is 6.61 Å². The van der Waals surface area contributed by atoms with Crippen molar-refractivity contribution in [1.29, 1.82) is 0 Å². The van der Waals surface area contributed by atoms with Gasteiger partial charge in [0.2, 0.25) is 15.9 Å². The normalized spacial score (nSPS) is 18.9. The summed E-state index contributed by atoms with van der Waals surface area (Å²) < 4.78 is 33.3. The first-order valence-electron chi connectivity index (χ1n) is 10.4. The molecule has 0 bridgehead atoms. The predicted molar refractivity (Wildman–Crippen MR) is 122 cm³/mol. The van der Waals surface area contributed by atoms with Gasteiger partial charge in [-0.2, -0.15) is 4.31 Å². The summed E-state index contributed by atoms with van der Waals surface area (Å²) in [6, 6.07) is 10.3. The standard InChI is InChI=1S/C22H24ClN3O5S/c1-2-14-6-3-4-8-17(14)25-22(28)15-7-5-9-26(12-15)32(29,30)20-11-19-18(10-16(20)23)24-21(27)13-31-19/h3-4,6,8,10-11,15H,2,5,7,9,12-13H2,1H3,(H,24,27)(H,25,28). The van der Waals surface area contributed by atoms with E-state index in [1.54, 1.807) is 0 Å². The number of para-hydroxylation sites is 1. The van der Waals surface area contributed by atoms with Gasteiger partial charge >= 0.3 is 0 Å². The van der Waals surface area contributed by atoms with Gasteiger partial charge in [-0.1, -0.05) is 36.7 Å². The molecule has 10 heteroatoms. The highest BCUT2D eigenvalue weighted by molar-refractivity contribution is 7.89. The van der Waals surface area contributed by atoms with Crippen LogP contribution in [0, 0.1) is 5.92 Å². The Balaban J connectivity index is 1.54. The number of amides is 2. The number of halogens is 1. The van der Waals surface area contributed by atoms with Crippen LogP contribution in [0.3, 0.4) is 0 Å². The molecule has 2 aliphatic heterocycles. The van der Waals surface area contributed by atoms with Crippen molar-refractivity contribution in [3.05, 3.63) is 47.0 Å². The molecule has 170 valence electrons. The molecule has 0 aliphatic carbocycles. The quantitative estimate of drug-likeness (QED) is 0.687. The van der Waals surface area contributed by atoms with Crippen molar-refractivity contribution in [2.75, 3.05) is 30.3 Å². The van der Waals surface area contributed by atoms with E-state index in [-0.39, 0.29) is 40.6 Å². The van der Waals surface area contributed by atoms with E-state index in [0.29, 0.717) is 25.1 Å². The van der Waals surface area contributed by atoms with E-state index in [0.717, 1.165) is 17.7 Å².